The van der Waals surface area contributed by atoms with Crippen molar-refractivity contribution in [2.24, 2.45) is 10.2 Å². The van der Waals surface area contributed by atoms with Crippen LogP contribution in [0.1, 0.15) is 21.5 Å². The summed E-state index contributed by atoms with van der Waals surface area (Å²) < 4.78 is 44.9. The molecule has 0 fully saturated rings. The van der Waals surface area contributed by atoms with Gasteiger partial charge in [-0.2, -0.15) is 13.2 Å². The molecule has 1 N–H and O–H groups in total. The molecule has 3 rings (SSSR count). The minimum atomic E-state index is -4.62. The van der Waals surface area contributed by atoms with Gasteiger partial charge in [-0.05, 0) is 55.5 Å². The Morgan fingerprint density at radius 2 is 1.77 bits per heavy atom. The summed E-state index contributed by atoms with van der Waals surface area (Å²) in [6, 6.07) is 13.2. The summed E-state index contributed by atoms with van der Waals surface area (Å²) in [4.78, 5) is 15.4. The summed E-state index contributed by atoms with van der Waals surface area (Å²) in [6.45, 7) is 1.87. The van der Waals surface area contributed by atoms with Crippen molar-refractivity contribution in [2.75, 3.05) is 0 Å². The number of nitrogens with zero attached hydrogens (tertiary/aromatic N) is 3. The number of benzene rings is 3. The number of phenolic OH excluding ortho intramolecular Hbond substituents is 1. The lowest BCUT2D eigenvalue weighted by molar-refractivity contribution is -0.137. The summed E-state index contributed by atoms with van der Waals surface area (Å²) in [7, 11) is 0. The lowest BCUT2D eigenvalue weighted by atomic mass is 10.2. The largest absolute Gasteiger partial charge is 0.507 e. The van der Waals surface area contributed by atoms with Crippen LogP contribution in [0.3, 0.4) is 0 Å². The molecule has 0 spiro atoms. The molecule has 31 heavy (non-hydrogen) atoms. The van der Waals surface area contributed by atoms with Crippen LogP contribution in [-0.2, 0) is 6.18 Å². The van der Waals surface area contributed by atoms with Gasteiger partial charge in [0, 0.05) is 5.02 Å². The minimum Gasteiger partial charge on any atom is -0.507 e. The van der Waals surface area contributed by atoms with Crippen molar-refractivity contribution in [3.63, 3.8) is 0 Å². The molecule has 0 aliphatic carbocycles. The van der Waals surface area contributed by atoms with E-state index < -0.39 is 17.6 Å². The van der Waals surface area contributed by atoms with Gasteiger partial charge in [0.15, 0.2) is 16.6 Å². The fourth-order valence-electron chi connectivity index (χ4n) is 2.44. The number of carbonyl (C=O) groups excluding carboxylic acids is 1. The highest BCUT2D eigenvalue weighted by Gasteiger charge is 2.32. The Morgan fingerprint density at radius 3 is 2.45 bits per heavy atom. The van der Waals surface area contributed by atoms with Gasteiger partial charge in [0.05, 0.1) is 11.1 Å². The van der Waals surface area contributed by atoms with E-state index in [9.17, 15) is 23.1 Å². The van der Waals surface area contributed by atoms with Crippen LogP contribution >= 0.6 is 11.6 Å². The predicted octanol–water partition coefficient (Wildman–Crippen LogP) is 6.61. The molecular weight excluding hydrogens is 435 g/mol. The summed E-state index contributed by atoms with van der Waals surface area (Å²) >= 11 is 5.78. The topological polar surface area (TPSA) is 85.4 Å². The Bertz CT molecular complexity index is 1190. The fourth-order valence-corrected chi connectivity index (χ4v) is 2.61. The normalized spacial score (nSPS) is 10.9. The number of rotatable bonds is 4. The zero-order chi connectivity index (χ0) is 22.6. The van der Waals surface area contributed by atoms with Crippen LogP contribution in [0.2, 0.25) is 5.02 Å². The van der Waals surface area contributed by atoms with E-state index in [-0.39, 0.29) is 27.8 Å². The summed E-state index contributed by atoms with van der Waals surface area (Å²) in [5, 5.41) is 16.8. The van der Waals surface area contributed by atoms with Crippen molar-refractivity contribution in [2.45, 2.75) is 13.1 Å². The van der Waals surface area contributed by atoms with Crippen molar-refractivity contribution in [1.82, 2.24) is 4.91 Å². The lowest BCUT2D eigenvalue weighted by Crippen LogP contribution is -2.04. The van der Waals surface area contributed by atoms with Gasteiger partial charge < -0.3 is 9.84 Å². The van der Waals surface area contributed by atoms with E-state index in [4.69, 9.17) is 16.3 Å². The monoisotopic (exact) mass is 448 g/mol. The van der Waals surface area contributed by atoms with Crippen LogP contribution in [0, 0.1) is 6.92 Å². The number of aryl methyl sites for hydroxylation is 1. The Morgan fingerprint density at radius 1 is 1.06 bits per heavy atom. The second-order valence-electron chi connectivity index (χ2n) is 6.35. The van der Waals surface area contributed by atoms with Gasteiger partial charge in [0.1, 0.15) is 11.5 Å². The van der Waals surface area contributed by atoms with E-state index in [0.29, 0.717) is 5.75 Å². The van der Waals surface area contributed by atoms with E-state index in [0.717, 1.165) is 23.8 Å². The van der Waals surface area contributed by atoms with Crippen LogP contribution in [0.15, 0.2) is 70.9 Å². The molecule has 0 bridgehead atoms. The van der Waals surface area contributed by atoms with Gasteiger partial charge in [-0.25, -0.2) is 0 Å². The Hall–Kier alpha value is -3.68. The molecule has 0 saturated heterocycles. The first-order valence-electron chi connectivity index (χ1n) is 8.74. The maximum absolute atomic E-state index is 13.1. The Kier molecular flexibility index (Phi) is 6.39. The van der Waals surface area contributed by atoms with Gasteiger partial charge in [0.2, 0.25) is 10.0 Å². The van der Waals surface area contributed by atoms with Crippen molar-refractivity contribution >= 4 is 23.2 Å². The second-order valence-corrected chi connectivity index (χ2v) is 6.79. The molecule has 3 aromatic rings. The average Bonchev–Trinajstić information content (AvgIpc) is 2.71. The average molecular weight is 449 g/mol. The molecule has 158 valence electrons. The first-order valence-corrected chi connectivity index (χ1v) is 9.11. The fraction of sp³-hybridized carbons (Fsp3) is 0.0952. The number of aromatic hydroxyl groups is 1. The van der Waals surface area contributed by atoms with Crippen LogP contribution in [0.25, 0.3) is 0 Å². The molecule has 0 aliphatic heterocycles. The molecule has 0 atom stereocenters. The molecule has 0 saturated carbocycles. The summed E-state index contributed by atoms with van der Waals surface area (Å²) in [5.41, 5.74) is -0.522. The number of halogens is 4. The Balaban J connectivity index is 1.96. The van der Waals surface area contributed by atoms with Crippen molar-refractivity contribution in [1.29, 1.82) is 0 Å². The van der Waals surface area contributed by atoms with E-state index in [2.05, 4.69) is 15.1 Å². The number of amides is 1. The third-order valence-corrected chi connectivity index (χ3v) is 4.25. The minimum absolute atomic E-state index is 0.0196. The van der Waals surface area contributed by atoms with E-state index in [1.165, 1.54) is 18.2 Å². The number of ether oxygens (including phenoxy) is 1. The van der Waals surface area contributed by atoms with E-state index in [1.54, 1.807) is 24.3 Å². The van der Waals surface area contributed by atoms with Crippen LogP contribution in [0.4, 0.5) is 18.9 Å². The number of hydrogen-bond acceptors (Lipinski definition) is 4. The van der Waals surface area contributed by atoms with Crippen LogP contribution in [0.5, 0.6) is 17.2 Å². The zero-order valence-electron chi connectivity index (χ0n) is 15.9. The van der Waals surface area contributed by atoms with Crippen LogP contribution in [-0.4, -0.2) is 11.0 Å². The molecule has 0 unspecified atom stereocenters. The number of carbonyl (C=O) groups is 1. The molecule has 0 radical (unpaired) electrons. The smallest absolute Gasteiger partial charge is 0.416 e. The van der Waals surface area contributed by atoms with Gasteiger partial charge in [-0.15, -0.1) is 0 Å². The Labute approximate surface area is 179 Å². The first-order chi connectivity index (χ1) is 14.6. The molecule has 0 aromatic heterocycles. The maximum Gasteiger partial charge on any atom is 0.416 e. The standard InChI is InChI=1S/C21H13ClF3N3O3/c1-12-2-6-15(7-3-12)31-19-9-4-13(21(23,24)25)10-17(19)26-28-27-20(30)16-11-14(22)5-8-18(16)29/h2-11H,1H3/p+1. The molecule has 6 nitrogen and oxygen atoms in total. The molecule has 0 aliphatic rings. The van der Waals surface area contributed by atoms with Crippen molar-refractivity contribution in [3.05, 3.63) is 82.4 Å². The van der Waals surface area contributed by atoms with Gasteiger partial charge >= 0.3 is 12.1 Å². The molecule has 1 amide bonds. The highest BCUT2D eigenvalue weighted by atomic mass is 35.5. The number of hydrogen-bond donors (Lipinski definition) is 1. The molecule has 10 heteroatoms. The highest BCUT2D eigenvalue weighted by molar-refractivity contribution is 6.31. The van der Waals surface area contributed by atoms with E-state index >= 15 is 0 Å². The summed E-state index contributed by atoms with van der Waals surface area (Å²) in [6.07, 6.45) is -4.62. The maximum atomic E-state index is 13.1. The number of phenols is 1. The first kappa shape index (κ1) is 22.0. The quantitative estimate of drug-likeness (QED) is 0.360. The van der Waals surface area contributed by atoms with Gasteiger partial charge in [0.25, 0.3) is 0 Å². The van der Waals surface area contributed by atoms with Crippen LogP contribution < -0.4 is 9.65 Å². The second kappa shape index (κ2) is 8.99. The molecule has 3 aromatic carbocycles. The third kappa shape index (κ3) is 5.69. The van der Waals surface area contributed by atoms with Crippen molar-refractivity contribution < 1.29 is 27.8 Å². The third-order valence-electron chi connectivity index (χ3n) is 4.01. The zero-order valence-corrected chi connectivity index (χ0v) is 16.6. The predicted molar refractivity (Wildman–Crippen MR) is 107 cm³/mol. The SMILES string of the molecule is Cc1ccc(Oc2ccc(C(F)(F)F)cc2N=[N+]=NC(=O)c2cc(Cl)ccc2O)cc1. The van der Waals surface area contributed by atoms with Gasteiger partial charge in [-0.1, -0.05) is 29.3 Å². The van der Waals surface area contributed by atoms with E-state index in [1.807, 2.05) is 6.92 Å². The number of alkyl halides is 3. The summed E-state index contributed by atoms with van der Waals surface area (Å²) in [5.74, 6) is -1.000. The van der Waals surface area contributed by atoms with Gasteiger partial charge in [-0.3, -0.25) is 4.79 Å². The molecular formula is C21H14ClF3N3O3+. The lowest BCUT2D eigenvalue weighted by Gasteiger charge is -2.10. The molecule has 0 heterocycles. The van der Waals surface area contributed by atoms with Crippen molar-refractivity contribution in [3.8, 4) is 17.2 Å². The highest BCUT2D eigenvalue weighted by Crippen LogP contribution is 2.38.